The van der Waals surface area contributed by atoms with E-state index in [1.54, 1.807) is 18.0 Å². The number of aromatic nitrogens is 2. The minimum absolute atomic E-state index is 0.121. The number of ether oxygens (including phenoxy) is 1. The Morgan fingerprint density at radius 2 is 2.35 bits per heavy atom. The van der Waals surface area contributed by atoms with Crippen molar-refractivity contribution in [3.05, 3.63) is 11.9 Å². The average molecular weight is 280 g/mol. The van der Waals surface area contributed by atoms with Crippen molar-refractivity contribution in [2.45, 2.75) is 19.9 Å². The first-order valence-corrected chi connectivity index (χ1v) is 6.98. The van der Waals surface area contributed by atoms with Gasteiger partial charge in [-0.15, -0.1) is 0 Å². The van der Waals surface area contributed by atoms with Crippen LogP contribution in [0, 0.1) is 5.41 Å². The number of nitrogens with zero attached hydrogens (tertiary/aromatic N) is 3. The molecule has 0 amide bonds. The summed E-state index contributed by atoms with van der Waals surface area (Å²) >= 11 is 0. The minimum Gasteiger partial charge on any atom is -0.493 e. The van der Waals surface area contributed by atoms with Crippen molar-refractivity contribution in [1.29, 1.82) is 0 Å². The molecule has 1 aromatic rings. The predicted molar refractivity (Wildman–Crippen MR) is 77.3 cm³/mol. The third kappa shape index (κ3) is 2.86. The van der Waals surface area contributed by atoms with Gasteiger partial charge in [0, 0.05) is 18.5 Å². The van der Waals surface area contributed by atoms with Gasteiger partial charge < -0.3 is 15.0 Å². The maximum absolute atomic E-state index is 12.9. The molecule has 1 atom stereocenters. The lowest BCUT2D eigenvalue weighted by Gasteiger charge is -2.22. The summed E-state index contributed by atoms with van der Waals surface area (Å²) in [6, 6.07) is 0. The summed E-state index contributed by atoms with van der Waals surface area (Å²) in [4.78, 5) is 15.0. The Kier molecular flexibility index (Phi) is 4.45. The molecule has 1 aromatic heterocycles. The number of rotatable bonds is 6. The van der Waals surface area contributed by atoms with Gasteiger partial charge in [0.15, 0.2) is 11.5 Å². The topological polar surface area (TPSA) is 59.4 Å². The van der Waals surface area contributed by atoms with E-state index in [1.165, 1.54) is 0 Å². The number of likely N-dealkylation sites (N-methyl/N-ethyl adjacent to an activating group) is 1. The molecule has 0 aromatic carbocycles. The van der Waals surface area contributed by atoms with Gasteiger partial charge in [-0.2, -0.15) is 5.10 Å². The first kappa shape index (κ1) is 15.0. The van der Waals surface area contributed by atoms with Crippen molar-refractivity contribution < 1.29 is 9.53 Å². The van der Waals surface area contributed by atoms with Crippen molar-refractivity contribution in [2.24, 2.45) is 5.41 Å². The molecule has 1 fully saturated rings. The van der Waals surface area contributed by atoms with Gasteiger partial charge in [-0.1, -0.05) is 6.92 Å². The van der Waals surface area contributed by atoms with Crippen molar-refractivity contribution >= 4 is 5.78 Å². The number of hydrogen-bond acceptors (Lipinski definition) is 5. The highest BCUT2D eigenvalue weighted by atomic mass is 16.5. The number of carbonyl (C=O) groups is 1. The second kappa shape index (κ2) is 5.93. The van der Waals surface area contributed by atoms with Gasteiger partial charge in [0.05, 0.1) is 19.9 Å². The fraction of sp³-hybridized carbons (Fsp3) is 0.714. The molecule has 0 bridgehead atoms. The molecule has 0 aliphatic carbocycles. The zero-order valence-corrected chi connectivity index (χ0v) is 12.8. The average Bonchev–Trinajstić information content (AvgIpc) is 3.02. The summed E-state index contributed by atoms with van der Waals surface area (Å²) < 4.78 is 7.09. The van der Waals surface area contributed by atoms with Crippen LogP contribution in [0.5, 0.6) is 5.75 Å². The summed E-state index contributed by atoms with van der Waals surface area (Å²) in [5.74, 6) is 0.692. The van der Waals surface area contributed by atoms with Crippen LogP contribution in [0.25, 0.3) is 0 Å². The van der Waals surface area contributed by atoms with Crippen LogP contribution in [0.1, 0.15) is 23.8 Å². The monoisotopic (exact) mass is 280 g/mol. The molecule has 0 radical (unpaired) electrons. The summed E-state index contributed by atoms with van der Waals surface area (Å²) in [6.45, 7) is 5.13. The molecule has 20 heavy (non-hydrogen) atoms. The Morgan fingerprint density at radius 3 is 2.90 bits per heavy atom. The molecule has 2 rings (SSSR count). The molecule has 0 saturated carbocycles. The first-order chi connectivity index (χ1) is 9.48. The Bertz CT molecular complexity index is 476. The van der Waals surface area contributed by atoms with Crippen LogP contribution >= 0.6 is 0 Å². The van der Waals surface area contributed by atoms with Crippen molar-refractivity contribution in [2.75, 3.05) is 40.8 Å². The predicted octanol–water partition coefficient (Wildman–Crippen LogP) is 0.636. The SMILES string of the molecule is COc1cnn(CCN(C)C)c1C(=O)C1(C)CCNC1. The van der Waals surface area contributed by atoms with Crippen LogP contribution in [0.3, 0.4) is 0 Å². The van der Waals surface area contributed by atoms with E-state index in [4.69, 9.17) is 4.74 Å². The first-order valence-electron chi connectivity index (χ1n) is 6.98. The lowest BCUT2D eigenvalue weighted by molar-refractivity contribution is 0.0823. The molecule has 1 aliphatic rings. The van der Waals surface area contributed by atoms with Crippen molar-refractivity contribution in [1.82, 2.24) is 20.0 Å². The van der Waals surface area contributed by atoms with Crippen molar-refractivity contribution in [3.8, 4) is 5.75 Å². The molecule has 112 valence electrons. The van der Waals surface area contributed by atoms with E-state index in [0.29, 0.717) is 24.5 Å². The Hall–Kier alpha value is -1.40. The maximum atomic E-state index is 12.9. The molecular formula is C14H24N4O2. The summed E-state index contributed by atoms with van der Waals surface area (Å²) in [7, 11) is 5.59. The van der Waals surface area contributed by atoms with Gasteiger partial charge in [0.25, 0.3) is 0 Å². The number of carbonyl (C=O) groups excluding carboxylic acids is 1. The summed E-state index contributed by atoms with van der Waals surface area (Å²) in [6.07, 6.45) is 2.49. The van der Waals surface area contributed by atoms with Crippen LogP contribution < -0.4 is 10.1 Å². The molecule has 0 spiro atoms. The third-order valence-electron chi connectivity index (χ3n) is 3.92. The number of ketones is 1. The molecule has 6 heteroatoms. The van der Waals surface area contributed by atoms with Gasteiger partial charge in [-0.3, -0.25) is 9.48 Å². The summed E-state index contributed by atoms with van der Waals surface area (Å²) in [5.41, 5.74) is 0.240. The lowest BCUT2D eigenvalue weighted by Crippen LogP contribution is -2.33. The highest BCUT2D eigenvalue weighted by molar-refractivity contribution is 6.01. The Balaban J connectivity index is 2.28. The van der Waals surface area contributed by atoms with E-state index in [2.05, 4.69) is 15.3 Å². The van der Waals surface area contributed by atoms with E-state index >= 15 is 0 Å². The maximum Gasteiger partial charge on any atom is 0.191 e. The Labute approximate surface area is 120 Å². The van der Waals surface area contributed by atoms with Crippen LogP contribution in [0.2, 0.25) is 0 Å². The third-order valence-corrected chi connectivity index (χ3v) is 3.92. The van der Waals surface area contributed by atoms with Gasteiger partial charge in [0.2, 0.25) is 0 Å². The minimum atomic E-state index is -0.358. The zero-order valence-electron chi connectivity index (χ0n) is 12.8. The van der Waals surface area contributed by atoms with E-state index in [9.17, 15) is 4.79 Å². The van der Waals surface area contributed by atoms with E-state index in [0.717, 1.165) is 19.5 Å². The number of hydrogen-bond donors (Lipinski definition) is 1. The number of nitrogens with one attached hydrogen (secondary N) is 1. The largest absolute Gasteiger partial charge is 0.493 e. The van der Waals surface area contributed by atoms with E-state index in [1.807, 2.05) is 21.0 Å². The normalized spacial score (nSPS) is 22.4. The zero-order chi connectivity index (χ0) is 14.8. The van der Waals surface area contributed by atoms with Gasteiger partial charge in [0.1, 0.15) is 5.69 Å². The van der Waals surface area contributed by atoms with Crippen LogP contribution in [-0.4, -0.2) is 61.3 Å². The fourth-order valence-electron chi connectivity index (χ4n) is 2.51. The molecule has 2 heterocycles. The lowest BCUT2D eigenvalue weighted by atomic mass is 9.83. The molecule has 6 nitrogen and oxygen atoms in total. The van der Waals surface area contributed by atoms with Gasteiger partial charge >= 0.3 is 0 Å². The molecule has 1 unspecified atom stereocenters. The van der Waals surface area contributed by atoms with Crippen LogP contribution in [0.15, 0.2) is 6.20 Å². The molecule has 1 saturated heterocycles. The van der Waals surface area contributed by atoms with Crippen LogP contribution in [0.4, 0.5) is 0 Å². The molecule has 1 N–H and O–H groups in total. The Morgan fingerprint density at radius 1 is 1.60 bits per heavy atom. The highest BCUT2D eigenvalue weighted by Gasteiger charge is 2.40. The number of Topliss-reactive ketones (excluding diaryl/α,β-unsaturated/α-hetero) is 1. The van der Waals surface area contributed by atoms with Crippen molar-refractivity contribution in [3.63, 3.8) is 0 Å². The fourth-order valence-corrected chi connectivity index (χ4v) is 2.51. The van der Waals surface area contributed by atoms with Gasteiger partial charge in [-0.05, 0) is 27.1 Å². The molecule has 1 aliphatic heterocycles. The number of methoxy groups -OCH3 is 1. The second-order valence-corrected chi connectivity index (χ2v) is 5.90. The molecular weight excluding hydrogens is 256 g/mol. The quantitative estimate of drug-likeness (QED) is 0.775. The van der Waals surface area contributed by atoms with E-state index < -0.39 is 0 Å². The van der Waals surface area contributed by atoms with E-state index in [-0.39, 0.29) is 11.2 Å². The highest BCUT2D eigenvalue weighted by Crippen LogP contribution is 2.32. The smallest absolute Gasteiger partial charge is 0.191 e. The summed E-state index contributed by atoms with van der Waals surface area (Å²) in [5, 5.41) is 7.57. The standard InChI is InChI=1S/C14H24N4O2/c1-14(5-6-15-10-14)13(19)12-11(20-4)9-16-18(12)8-7-17(2)3/h9,15H,5-8,10H2,1-4H3. The van der Waals surface area contributed by atoms with Gasteiger partial charge in [-0.25, -0.2) is 0 Å². The second-order valence-electron chi connectivity index (χ2n) is 5.90. The van der Waals surface area contributed by atoms with Crippen LogP contribution in [-0.2, 0) is 6.54 Å².